The molecule has 0 unspecified atom stereocenters. The van der Waals surface area contributed by atoms with Gasteiger partial charge in [0, 0.05) is 0 Å². The van der Waals surface area contributed by atoms with Crippen molar-refractivity contribution in [2.24, 2.45) is 5.73 Å². The molecule has 0 heterocycles. The SMILES string of the molecule is COC(=O)NNC(N)=O. The third-order valence-electron chi connectivity index (χ3n) is 0.473. The topological polar surface area (TPSA) is 93.4 Å². The highest BCUT2D eigenvalue weighted by Crippen LogP contribution is 1.64. The number of hydrogen-bond donors (Lipinski definition) is 3. The van der Waals surface area contributed by atoms with Gasteiger partial charge in [0.2, 0.25) is 0 Å². The smallest absolute Gasteiger partial charge is 0.425 e. The van der Waals surface area contributed by atoms with Crippen LogP contribution in [-0.2, 0) is 4.74 Å². The number of hydrogen-bond acceptors (Lipinski definition) is 3. The molecule has 0 saturated heterocycles. The summed E-state index contributed by atoms with van der Waals surface area (Å²) in [6.45, 7) is 0. The Morgan fingerprint density at radius 1 is 1.44 bits per heavy atom. The van der Waals surface area contributed by atoms with Crippen LogP contribution >= 0.6 is 0 Å². The van der Waals surface area contributed by atoms with Gasteiger partial charge < -0.3 is 10.5 Å². The Morgan fingerprint density at radius 2 is 2.00 bits per heavy atom. The molecule has 0 fully saturated rings. The van der Waals surface area contributed by atoms with Crippen molar-refractivity contribution in [3.63, 3.8) is 0 Å². The molecular weight excluding hydrogens is 126 g/mol. The number of methoxy groups -OCH3 is 1. The normalized spacial score (nSPS) is 7.67. The first kappa shape index (κ1) is 7.54. The molecule has 0 aromatic rings. The van der Waals surface area contributed by atoms with Crippen molar-refractivity contribution < 1.29 is 14.3 Å². The van der Waals surface area contributed by atoms with Crippen LogP contribution < -0.4 is 16.6 Å². The molecular formula is C3H7N3O3. The first-order valence-corrected chi connectivity index (χ1v) is 2.06. The summed E-state index contributed by atoms with van der Waals surface area (Å²) in [5.41, 5.74) is 8.23. The van der Waals surface area contributed by atoms with Gasteiger partial charge >= 0.3 is 12.1 Å². The minimum absolute atomic E-state index is 0.770. The van der Waals surface area contributed by atoms with Crippen LogP contribution in [0.3, 0.4) is 0 Å². The number of hydrazine groups is 1. The van der Waals surface area contributed by atoms with Crippen molar-refractivity contribution in [3.05, 3.63) is 0 Å². The molecule has 0 aliphatic heterocycles. The molecule has 0 aliphatic rings. The standard InChI is InChI=1S/C3H7N3O3/c1-9-3(8)6-5-2(4)7/h1H3,(H,6,8)(H3,4,5,7). The van der Waals surface area contributed by atoms with Crippen LogP contribution in [0.2, 0.25) is 0 Å². The van der Waals surface area contributed by atoms with Crippen LogP contribution in [0, 0.1) is 0 Å². The highest BCUT2D eigenvalue weighted by Gasteiger charge is 1.96. The zero-order chi connectivity index (χ0) is 7.28. The van der Waals surface area contributed by atoms with Crippen LogP contribution in [-0.4, -0.2) is 19.2 Å². The van der Waals surface area contributed by atoms with E-state index in [-0.39, 0.29) is 0 Å². The van der Waals surface area contributed by atoms with Gasteiger partial charge in [0.1, 0.15) is 0 Å². The molecule has 9 heavy (non-hydrogen) atoms. The van der Waals surface area contributed by atoms with Crippen molar-refractivity contribution >= 4 is 12.1 Å². The number of nitrogens with two attached hydrogens (primary N) is 1. The lowest BCUT2D eigenvalue weighted by atomic mass is 11.1. The van der Waals surface area contributed by atoms with Gasteiger partial charge in [-0.15, -0.1) is 0 Å². The van der Waals surface area contributed by atoms with Gasteiger partial charge in [0.05, 0.1) is 7.11 Å². The Morgan fingerprint density at radius 3 is 2.33 bits per heavy atom. The number of ether oxygens (including phenoxy) is 1. The number of nitrogens with one attached hydrogen (secondary N) is 2. The highest BCUT2D eigenvalue weighted by atomic mass is 16.5. The Labute approximate surface area is 51.3 Å². The summed E-state index contributed by atoms with van der Waals surface area (Å²) in [6, 6.07) is -0.847. The monoisotopic (exact) mass is 133 g/mol. The largest absolute Gasteiger partial charge is 0.452 e. The number of rotatable bonds is 0. The van der Waals surface area contributed by atoms with Gasteiger partial charge in [-0.05, 0) is 0 Å². The molecule has 0 atom stereocenters. The average molecular weight is 133 g/mol. The van der Waals surface area contributed by atoms with Gasteiger partial charge in [0.15, 0.2) is 0 Å². The highest BCUT2D eigenvalue weighted by molar-refractivity contribution is 5.75. The molecule has 0 aromatic heterocycles. The zero-order valence-corrected chi connectivity index (χ0v) is 4.80. The van der Waals surface area contributed by atoms with E-state index in [1.807, 2.05) is 10.9 Å². The molecule has 6 heteroatoms. The molecule has 0 spiro atoms. The lowest BCUT2D eigenvalue weighted by Crippen LogP contribution is -2.44. The average Bonchev–Trinajstić information content (AvgIpc) is 1.83. The van der Waals surface area contributed by atoms with E-state index in [0.717, 1.165) is 7.11 Å². The van der Waals surface area contributed by atoms with Crippen LogP contribution in [0.4, 0.5) is 9.59 Å². The van der Waals surface area contributed by atoms with Crippen LogP contribution in [0.1, 0.15) is 0 Å². The summed E-state index contributed by atoms with van der Waals surface area (Å²) >= 11 is 0. The Bertz CT molecular complexity index is 123. The van der Waals surface area contributed by atoms with Gasteiger partial charge in [-0.25, -0.2) is 20.4 Å². The van der Waals surface area contributed by atoms with Crippen LogP contribution in [0.5, 0.6) is 0 Å². The van der Waals surface area contributed by atoms with Crippen molar-refractivity contribution in [1.82, 2.24) is 10.9 Å². The van der Waals surface area contributed by atoms with E-state index in [1.54, 1.807) is 0 Å². The second-order valence-electron chi connectivity index (χ2n) is 1.11. The molecule has 4 N–H and O–H groups in total. The molecule has 0 saturated carbocycles. The lowest BCUT2D eigenvalue weighted by Gasteiger charge is -2.00. The Balaban J connectivity index is 3.28. The fourth-order valence-electron chi connectivity index (χ4n) is 0.164. The maximum Gasteiger partial charge on any atom is 0.425 e. The summed E-state index contributed by atoms with van der Waals surface area (Å²) in [5, 5.41) is 0. The van der Waals surface area contributed by atoms with E-state index in [0.29, 0.717) is 0 Å². The summed E-state index contributed by atoms with van der Waals surface area (Å²) in [4.78, 5) is 20.0. The van der Waals surface area contributed by atoms with E-state index < -0.39 is 12.1 Å². The lowest BCUT2D eigenvalue weighted by molar-refractivity contribution is 0.165. The third-order valence-corrected chi connectivity index (χ3v) is 0.473. The van der Waals surface area contributed by atoms with Crippen molar-refractivity contribution in [2.75, 3.05) is 7.11 Å². The van der Waals surface area contributed by atoms with Gasteiger partial charge in [-0.2, -0.15) is 0 Å². The summed E-state index contributed by atoms with van der Waals surface area (Å²) in [5.74, 6) is 0. The van der Waals surface area contributed by atoms with Gasteiger partial charge in [0.25, 0.3) is 0 Å². The quantitative estimate of drug-likeness (QED) is 0.367. The fourth-order valence-corrected chi connectivity index (χ4v) is 0.164. The van der Waals surface area contributed by atoms with Gasteiger partial charge in [-0.1, -0.05) is 0 Å². The molecule has 6 nitrogen and oxygen atoms in total. The fraction of sp³-hybridized carbons (Fsp3) is 0.333. The summed E-state index contributed by atoms with van der Waals surface area (Å²) in [6.07, 6.45) is -0.770. The predicted octanol–water partition coefficient (Wildman–Crippen LogP) is -1.07. The first-order chi connectivity index (χ1) is 4.16. The third kappa shape index (κ3) is 4.39. The van der Waals surface area contributed by atoms with Crippen LogP contribution in [0.25, 0.3) is 0 Å². The molecule has 0 aliphatic carbocycles. The number of urea groups is 1. The van der Waals surface area contributed by atoms with E-state index >= 15 is 0 Å². The Kier molecular flexibility index (Phi) is 2.96. The molecule has 0 bridgehead atoms. The number of amides is 3. The molecule has 52 valence electrons. The van der Waals surface area contributed by atoms with E-state index in [1.165, 1.54) is 0 Å². The minimum Gasteiger partial charge on any atom is -0.452 e. The Hall–Kier alpha value is -1.46. The second-order valence-corrected chi connectivity index (χ2v) is 1.11. The molecule has 0 radical (unpaired) electrons. The van der Waals surface area contributed by atoms with E-state index in [4.69, 9.17) is 0 Å². The summed E-state index contributed by atoms with van der Waals surface area (Å²) < 4.78 is 4.08. The van der Waals surface area contributed by atoms with Crippen molar-refractivity contribution in [3.8, 4) is 0 Å². The number of primary amides is 1. The number of carbonyl (C=O) groups is 2. The number of carbonyl (C=O) groups excluding carboxylic acids is 2. The minimum atomic E-state index is -0.847. The zero-order valence-electron chi connectivity index (χ0n) is 4.80. The molecule has 0 rings (SSSR count). The second kappa shape index (κ2) is 3.53. The van der Waals surface area contributed by atoms with Crippen molar-refractivity contribution in [1.29, 1.82) is 0 Å². The molecule has 0 aromatic carbocycles. The van der Waals surface area contributed by atoms with Crippen LogP contribution in [0.15, 0.2) is 0 Å². The van der Waals surface area contributed by atoms with E-state index in [2.05, 4.69) is 10.5 Å². The van der Waals surface area contributed by atoms with E-state index in [9.17, 15) is 9.59 Å². The maximum absolute atomic E-state index is 10.1. The first-order valence-electron chi connectivity index (χ1n) is 2.06. The maximum atomic E-state index is 10.1. The van der Waals surface area contributed by atoms with Gasteiger partial charge in [-0.3, -0.25) is 0 Å². The summed E-state index contributed by atoms with van der Waals surface area (Å²) in [7, 11) is 1.16. The molecule has 3 amide bonds. The van der Waals surface area contributed by atoms with Crippen molar-refractivity contribution in [2.45, 2.75) is 0 Å². The predicted molar refractivity (Wildman–Crippen MR) is 28.3 cm³/mol.